The number of rotatable bonds is 5. The molecule has 1 saturated carbocycles. The van der Waals surface area contributed by atoms with Crippen LogP contribution in [0.15, 0.2) is 66.7 Å². The number of phenolic OH excluding ortho intramolecular Hbond substituents is 1. The van der Waals surface area contributed by atoms with Crippen molar-refractivity contribution in [2.75, 3.05) is 5.32 Å². The van der Waals surface area contributed by atoms with E-state index in [2.05, 4.69) is 17.4 Å². The Hall–Kier alpha value is -2.69. The Labute approximate surface area is 191 Å². The molecule has 0 unspecified atom stereocenters. The third-order valence-electron chi connectivity index (χ3n) is 5.58. The van der Waals surface area contributed by atoms with Gasteiger partial charge in [-0.3, -0.25) is 4.79 Å². The van der Waals surface area contributed by atoms with Gasteiger partial charge in [-0.05, 0) is 67.3 Å². The Bertz CT molecular complexity index is 1070. The first-order chi connectivity index (χ1) is 15.0. The number of anilines is 1. The summed E-state index contributed by atoms with van der Waals surface area (Å²) in [5, 5.41) is 13.9. The lowest BCUT2D eigenvalue weighted by molar-refractivity contribution is 0.102. The third-order valence-corrected chi connectivity index (χ3v) is 6.07. The minimum Gasteiger partial charge on any atom is -0.507 e. The Kier molecular flexibility index (Phi) is 6.69. The molecule has 31 heavy (non-hydrogen) atoms. The lowest BCUT2D eigenvalue weighted by Crippen LogP contribution is -2.28. The summed E-state index contributed by atoms with van der Waals surface area (Å²) in [5.41, 5.74) is 1.93. The SMILES string of the molecule is O=C(Nc1cccc(O[C@@H]2CCCC[C@H]2c2ccc(Cl)cc2)c1)c1cc(Cl)ccc1O. The number of ether oxygens (including phenoxy) is 1. The molecular weight excluding hydrogens is 433 g/mol. The molecule has 3 aromatic rings. The maximum Gasteiger partial charge on any atom is 0.259 e. The average Bonchev–Trinajstić information content (AvgIpc) is 2.77. The van der Waals surface area contributed by atoms with Gasteiger partial charge < -0.3 is 15.2 Å². The minimum absolute atomic E-state index is 0.0536. The Morgan fingerprint density at radius 2 is 1.68 bits per heavy atom. The molecule has 1 aliphatic carbocycles. The maximum absolute atomic E-state index is 12.6. The fourth-order valence-corrected chi connectivity index (χ4v) is 4.34. The van der Waals surface area contributed by atoms with Crippen LogP contribution >= 0.6 is 23.2 Å². The van der Waals surface area contributed by atoms with Gasteiger partial charge in [-0.2, -0.15) is 0 Å². The van der Waals surface area contributed by atoms with Crippen LogP contribution in [0.3, 0.4) is 0 Å². The van der Waals surface area contributed by atoms with Gasteiger partial charge in [-0.25, -0.2) is 0 Å². The number of hydrogen-bond donors (Lipinski definition) is 2. The number of nitrogens with one attached hydrogen (secondary N) is 1. The van der Waals surface area contributed by atoms with Crippen molar-refractivity contribution in [1.82, 2.24) is 0 Å². The van der Waals surface area contributed by atoms with Gasteiger partial charge in [0.15, 0.2) is 0 Å². The zero-order chi connectivity index (χ0) is 21.8. The van der Waals surface area contributed by atoms with Gasteiger partial charge in [-0.15, -0.1) is 0 Å². The van der Waals surface area contributed by atoms with Gasteiger partial charge in [0, 0.05) is 27.7 Å². The third kappa shape index (κ3) is 5.33. The molecule has 160 valence electrons. The van der Waals surface area contributed by atoms with Crippen molar-refractivity contribution in [3.05, 3.63) is 87.9 Å². The van der Waals surface area contributed by atoms with E-state index < -0.39 is 5.91 Å². The van der Waals surface area contributed by atoms with Crippen LogP contribution in [0.5, 0.6) is 11.5 Å². The fourth-order valence-electron chi connectivity index (χ4n) is 4.04. The summed E-state index contributed by atoms with van der Waals surface area (Å²) in [4.78, 5) is 12.6. The van der Waals surface area contributed by atoms with E-state index in [-0.39, 0.29) is 17.4 Å². The van der Waals surface area contributed by atoms with Crippen molar-refractivity contribution >= 4 is 34.8 Å². The van der Waals surface area contributed by atoms with Crippen molar-refractivity contribution in [2.24, 2.45) is 0 Å². The highest BCUT2D eigenvalue weighted by molar-refractivity contribution is 6.31. The molecule has 4 rings (SSSR count). The second kappa shape index (κ2) is 9.63. The summed E-state index contributed by atoms with van der Waals surface area (Å²) in [7, 11) is 0. The molecule has 4 nitrogen and oxygen atoms in total. The molecule has 0 saturated heterocycles. The Morgan fingerprint density at radius 3 is 2.48 bits per heavy atom. The second-order valence-corrected chi connectivity index (χ2v) is 8.62. The van der Waals surface area contributed by atoms with Gasteiger partial charge in [-0.1, -0.05) is 47.8 Å². The lowest BCUT2D eigenvalue weighted by Gasteiger charge is -2.32. The smallest absolute Gasteiger partial charge is 0.259 e. The van der Waals surface area contributed by atoms with Gasteiger partial charge in [0.1, 0.15) is 17.6 Å². The van der Waals surface area contributed by atoms with Crippen LogP contribution < -0.4 is 10.1 Å². The number of amides is 1. The van der Waals surface area contributed by atoms with E-state index in [0.29, 0.717) is 22.4 Å². The summed E-state index contributed by atoms with van der Waals surface area (Å²) < 4.78 is 6.37. The normalized spacial score (nSPS) is 18.4. The Balaban J connectivity index is 1.49. The lowest BCUT2D eigenvalue weighted by atomic mass is 9.81. The molecular formula is C25H23Cl2NO3. The molecule has 0 bridgehead atoms. The zero-order valence-electron chi connectivity index (χ0n) is 16.9. The molecule has 6 heteroatoms. The van der Waals surface area contributed by atoms with E-state index in [0.717, 1.165) is 24.3 Å². The predicted octanol–water partition coefficient (Wildman–Crippen LogP) is 7.06. The second-order valence-electron chi connectivity index (χ2n) is 7.74. The Morgan fingerprint density at radius 1 is 0.935 bits per heavy atom. The van der Waals surface area contributed by atoms with Gasteiger partial charge in [0.25, 0.3) is 5.91 Å². The van der Waals surface area contributed by atoms with Crippen LogP contribution in [0.2, 0.25) is 10.0 Å². The average molecular weight is 456 g/mol. The summed E-state index contributed by atoms with van der Waals surface area (Å²) in [6, 6.07) is 19.7. The van der Waals surface area contributed by atoms with Gasteiger partial charge >= 0.3 is 0 Å². The van der Waals surface area contributed by atoms with Crippen molar-refractivity contribution in [3.63, 3.8) is 0 Å². The highest BCUT2D eigenvalue weighted by atomic mass is 35.5. The first-order valence-electron chi connectivity index (χ1n) is 10.3. The highest BCUT2D eigenvalue weighted by Gasteiger charge is 2.28. The molecule has 0 aliphatic heterocycles. The van der Waals surface area contributed by atoms with Crippen molar-refractivity contribution in [2.45, 2.75) is 37.7 Å². The van der Waals surface area contributed by atoms with Crippen LogP contribution in [-0.2, 0) is 0 Å². The van der Waals surface area contributed by atoms with E-state index in [4.69, 9.17) is 27.9 Å². The highest BCUT2D eigenvalue weighted by Crippen LogP contribution is 2.36. The molecule has 0 radical (unpaired) electrons. The number of hydrogen-bond acceptors (Lipinski definition) is 3. The van der Waals surface area contributed by atoms with Crippen molar-refractivity contribution in [1.29, 1.82) is 0 Å². The van der Waals surface area contributed by atoms with E-state index in [1.807, 2.05) is 24.3 Å². The minimum atomic E-state index is -0.436. The van der Waals surface area contributed by atoms with Gasteiger partial charge in [0.05, 0.1) is 5.56 Å². The maximum atomic E-state index is 12.6. The van der Waals surface area contributed by atoms with Crippen molar-refractivity contribution in [3.8, 4) is 11.5 Å². The van der Waals surface area contributed by atoms with E-state index in [1.165, 1.54) is 30.2 Å². The first kappa shape index (κ1) is 21.5. The topological polar surface area (TPSA) is 58.6 Å². The van der Waals surface area contributed by atoms with Gasteiger partial charge in [0.2, 0.25) is 0 Å². The largest absolute Gasteiger partial charge is 0.507 e. The van der Waals surface area contributed by atoms with Crippen molar-refractivity contribution < 1.29 is 14.6 Å². The van der Waals surface area contributed by atoms with E-state index in [9.17, 15) is 9.90 Å². The molecule has 1 aliphatic rings. The molecule has 2 atom stereocenters. The monoisotopic (exact) mass is 455 g/mol. The standard InChI is InChI=1S/C25H23Cl2NO3/c26-17-10-8-16(9-11-17)21-6-1-2-7-24(21)31-20-5-3-4-19(15-20)28-25(30)22-14-18(27)12-13-23(22)29/h3-5,8-15,21,24,29H,1-2,6-7H2,(H,28,30)/t21-,24+/m0/s1. The van der Waals surface area contributed by atoms with E-state index >= 15 is 0 Å². The number of benzene rings is 3. The number of carbonyl (C=O) groups is 1. The van der Waals surface area contributed by atoms with Crippen LogP contribution in [0, 0.1) is 0 Å². The van der Waals surface area contributed by atoms with Crippen LogP contribution in [0.1, 0.15) is 47.5 Å². The molecule has 1 fully saturated rings. The number of halogens is 2. The fraction of sp³-hybridized carbons (Fsp3) is 0.240. The number of phenols is 1. The van der Waals surface area contributed by atoms with Crippen LogP contribution in [0.4, 0.5) is 5.69 Å². The zero-order valence-corrected chi connectivity index (χ0v) is 18.4. The molecule has 2 N–H and O–H groups in total. The summed E-state index contributed by atoms with van der Waals surface area (Å²) in [6.07, 6.45) is 4.39. The summed E-state index contributed by atoms with van der Waals surface area (Å²) in [5.74, 6) is 0.433. The molecule has 3 aromatic carbocycles. The molecule has 1 amide bonds. The predicted molar refractivity (Wildman–Crippen MR) is 125 cm³/mol. The number of aromatic hydroxyl groups is 1. The molecule has 0 heterocycles. The first-order valence-corrected chi connectivity index (χ1v) is 11.1. The van der Waals surface area contributed by atoms with Crippen LogP contribution in [0.25, 0.3) is 0 Å². The summed E-state index contributed by atoms with van der Waals surface area (Å²) in [6.45, 7) is 0. The molecule has 0 aromatic heterocycles. The van der Waals surface area contributed by atoms with E-state index in [1.54, 1.807) is 12.1 Å². The quantitative estimate of drug-likeness (QED) is 0.432. The molecule has 0 spiro atoms. The number of carbonyl (C=O) groups excluding carboxylic acids is 1. The summed E-state index contributed by atoms with van der Waals surface area (Å²) >= 11 is 12.0. The van der Waals surface area contributed by atoms with Crippen LogP contribution in [-0.4, -0.2) is 17.1 Å².